The van der Waals surface area contributed by atoms with Crippen LogP contribution in [0.15, 0.2) is 23.2 Å². The van der Waals surface area contributed by atoms with Crippen molar-refractivity contribution >= 4 is 17.6 Å². The number of ether oxygens (including phenoxy) is 2. The maximum atomic E-state index is 13.2. The van der Waals surface area contributed by atoms with Gasteiger partial charge in [0.2, 0.25) is 0 Å². The fourth-order valence-electron chi connectivity index (χ4n) is 2.50. The van der Waals surface area contributed by atoms with E-state index in [1.165, 1.54) is 6.07 Å². The molecule has 0 bridgehead atoms. The van der Waals surface area contributed by atoms with Crippen LogP contribution in [0.4, 0.5) is 4.39 Å². The second-order valence-electron chi connectivity index (χ2n) is 6.03. The van der Waals surface area contributed by atoms with Crippen molar-refractivity contribution in [3.05, 3.63) is 34.6 Å². The van der Waals surface area contributed by atoms with Gasteiger partial charge in [0.05, 0.1) is 24.8 Å². The Labute approximate surface area is 153 Å². The molecule has 1 aliphatic heterocycles. The van der Waals surface area contributed by atoms with Gasteiger partial charge in [-0.15, -0.1) is 0 Å². The molecule has 1 aromatic carbocycles. The van der Waals surface area contributed by atoms with Crippen LogP contribution >= 0.6 is 11.6 Å². The molecule has 1 unspecified atom stereocenters. The van der Waals surface area contributed by atoms with Gasteiger partial charge in [0.25, 0.3) is 0 Å². The molecule has 1 fully saturated rings. The van der Waals surface area contributed by atoms with Gasteiger partial charge in [0, 0.05) is 32.2 Å². The van der Waals surface area contributed by atoms with E-state index >= 15 is 0 Å². The van der Waals surface area contributed by atoms with E-state index in [2.05, 4.69) is 15.6 Å². The van der Waals surface area contributed by atoms with E-state index in [9.17, 15) is 4.39 Å². The normalized spacial score (nSPS) is 17.7. The standard InChI is InChI=1S/C18H27ClFN3O2/c1-2-21-18(23-11-14-4-5-17(20)16(19)10-14)22-7-3-8-24-12-15-6-9-25-13-15/h4-5,10,15H,2-3,6-9,11-13H2,1H3,(H2,21,22,23). The molecule has 140 valence electrons. The Morgan fingerprint density at radius 1 is 1.44 bits per heavy atom. The smallest absolute Gasteiger partial charge is 0.191 e. The molecule has 1 aromatic rings. The Morgan fingerprint density at radius 2 is 2.32 bits per heavy atom. The Kier molecular flexibility index (Phi) is 9.00. The maximum Gasteiger partial charge on any atom is 0.191 e. The summed E-state index contributed by atoms with van der Waals surface area (Å²) in [6.45, 7) is 7.17. The Morgan fingerprint density at radius 3 is 3.04 bits per heavy atom. The molecule has 1 saturated heterocycles. The number of benzene rings is 1. The fraction of sp³-hybridized carbons (Fsp3) is 0.611. The van der Waals surface area contributed by atoms with Crippen molar-refractivity contribution in [3.8, 4) is 0 Å². The molecule has 1 heterocycles. The molecule has 1 aliphatic rings. The average molecular weight is 372 g/mol. The van der Waals surface area contributed by atoms with Crippen LogP contribution in [0.3, 0.4) is 0 Å². The van der Waals surface area contributed by atoms with E-state index in [0.29, 0.717) is 12.5 Å². The fourth-order valence-corrected chi connectivity index (χ4v) is 2.70. The van der Waals surface area contributed by atoms with Crippen molar-refractivity contribution in [2.45, 2.75) is 26.3 Å². The highest BCUT2D eigenvalue weighted by Gasteiger charge is 2.15. The number of hydrogen-bond donors (Lipinski definition) is 2. The van der Waals surface area contributed by atoms with Crippen molar-refractivity contribution in [1.29, 1.82) is 0 Å². The number of guanidine groups is 1. The summed E-state index contributed by atoms with van der Waals surface area (Å²) < 4.78 is 24.2. The quantitative estimate of drug-likeness (QED) is 0.398. The summed E-state index contributed by atoms with van der Waals surface area (Å²) >= 11 is 5.79. The van der Waals surface area contributed by atoms with Gasteiger partial charge in [-0.05, 0) is 37.5 Å². The molecule has 0 aromatic heterocycles. The first-order valence-corrected chi connectivity index (χ1v) is 9.18. The molecule has 2 N–H and O–H groups in total. The lowest BCUT2D eigenvalue weighted by Crippen LogP contribution is -2.38. The number of aliphatic imine (C=N–C) groups is 1. The second kappa shape index (κ2) is 11.3. The first kappa shape index (κ1) is 19.9. The first-order chi connectivity index (χ1) is 12.2. The van der Waals surface area contributed by atoms with Crippen molar-refractivity contribution < 1.29 is 13.9 Å². The minimum absolute atomic E-state index is 0.121. The van der Waals surface area contributed by atoms with Crippen molar-refractivity contribution in [2.24, 2.45) is 10.9 Å². The second-order valence-corrected chi connectivity index (χ2v) is 6.44. The molecule has 0 saturated carbocycles. The van der Waals surface area contributed by atoms with Gasteiger partial charge in [0.15, 0.2) is 5.96 Å². The number of halogens is 2. The maximum absolute atomic E-state index is 13.2. The number of nitrogens with one attached hydrogen (secondary N) is 2. The zero-order valence-corrected chi connectivity index (χ0v) is 15.4. The third-order valence-electron chi connectivity index (χ3n) is 3.88. The molecule has 0 amide bonds. The molecule has 0 radical (unpaired) electrons. The molecule has 25 heavy (non-hydrogen) atoms. The van der Waals surface area contributed by atoms with Gasteiger partial charge in [-0.2, -0.15) is 0 Å². The summed E-state index contributed by atoms with van der Waals surface area (Å²) in [5, 5.41) is 6.58. The van der Waals surface area contributed by atoms with Gasteiger partial charge in [0.1, 0.15) is 5.82 Å². The SMILES string of the molecule is CCNC(=NCc1ccc(F)c(Cl)c1)NCCCOCC1CCOC1. The first-order valence-electron chi connectivity index (χ1n) is 8.80. The average Bonchev–Trinajstić information content (AvgIpc) is 3.12. The summed E-state index contributed by atoms with van der Waals surface area (Å²) in [6.07, 6.45) is 2.00. The van der Waals surface area contributed by atoms with E-state index in [0.717, 1.165) is 63.9 Å². The molecular formula is C18H27ClFN3O2. The van der Waals surface area contributed by atoms with Crippen LogP contribution in [0.5, 0.6) is 0 Å². The predicted molar refractivity (Wildman–Crippen MR) is 98.6 cm³/mol. The van der Waals surface area contributed by atoms with E-state index in [-0.39, 0.29) is 5.02 Å². The summed E-state index contributed by atoms with van der Waals surface area (Å²) in [5.41, 5.74) is 0.866. The van der Waals surface area contributed by atoms with Gasteiger partial charge in [-0.25, -0.2) is 9.38 Å². The molecule has 5 nitrogen and oxygen atoms in total. The zero-order chi connectivity index (χ0) is 17.9. The van der Waals surface area contributed by atoms with Crippen LogP contribution in [0, 0.1) is 11.7 Å². The number of nitrogens with zero attached hydrogens (tertiary/aromatic N) is 1. The summed E-state index contributed by atoms with van der Waals surface area (Å²) in [7, 11) is 0. The molecule has 0 aliphatic carbocycles. The predicted octanol–water partition coefficient (Wildman–Crippen LogP) is 2.98. The van der Waals surface area contributed by atoms with Crippen LogP contribution in [-0.2, 0) is 16.0 Å². The minimum atomic E-state index is -0.413. The number of hydrogen-bond acceptors (Lipinski definition) is 3. The van der Waals surface area contributed by atoms with Gasteiger partial charge >= 0.3 is 0 Å². The van der Waals surface area contributed by atoms with E-state index in [1.54, 1.807) is 12.1 Å². The summed E-state index contributed by atoms with van der Waals surface area (Å²) in [6, 6.07) is 4.65. The molecule has 1 atom stereocenters. The molecule has 0 spiro atoms. The Balaban J connectivity index is 1.67. The van der Waals surface area contributed by atoms with Crippen LogP contribution in [0.2, 0.25) is 5.02 Å². The highest BCUT2D eigenvalue weighted by atomic mass is 35.5. The van der Waals surface area contributed by atoms with E-state index in [1.807, 2.05) is 6.92 Å². The summed E-state index contributed by atoms with van der Waals surface area (Å²) in [5.74, 6) is 0.866. The third kappa shape index (κ3) is 7.59. The van der Waals surface area contributed by atoms with E-state index in [4.69, 9.17) is 21.1 Å². The van der Waals surface area contributed by atoms with Crippen molar-refractivity contribution in [2.75, 3.05) is 39.5 Å². The lowest BCUT2D eigenvalue weighted by molar-refractivity contribution is 0.0888. The lowest BCUT2D eigenvalue weighted by atomic mass is 10.1. The van der Waals surface area contributed by atoms with Crippen LogP contribution in [0.25, 0.3) is 0 Å². The topological polar surface area (TPSA) is 54.9 Å². The zero-order valence-electron chi connectivity index (χ0n) is 14.7. The number of rotatable bonds is 9. The molecule has 7 heteroatoms. The largest absolute Gasteiger partial charge is 0.381 e. The Bertz CT molecular complexity index is 551. The summed E-state index contributed by atoms with van der Waals surface area (Å²) in [4.78, 5) is 4.49. The van der Waals surface area contributed by atoms with Crippen molar-refractivity contribution in [1.82, 2.24) is 10.6 Å². The Hall–Kier alpha value is -1.37. The molecule has 2 rings (SSSR count). The third-order valence-corrected chi connectivity index (χ3v) is 4.17. The highest BCUT2D eigenvalue weighted by Crippen LogP contribution is 2.16. The van der Waals surface area contributed by atoms with Gasteiger partial charge in [-0.3, -0.25) is 0 Å². The highest BCUT2D eigenvalue weighted by molar-refractivity contribution is 6.30. The monoisotopic (exact) mass is 371 g/mol. The minimum Gasteiger partial charge on any atom is -0.381 e. The van der Waals surface area contributed by atoms with Crippen molar-refractivity contribution in [3.63, 3.8) is 0 Å². The van der Waals surface area contributed by atoms with Gasteiger partial charge < -0.3 is 20.1 Å². The lowest BCUT2D eigenvalue weighted by Gasteiger charge is -2.12. The van der Waals surface area contributed by atoms with E-state index < -0.39 is 5.82 Å². The van der Waals surface area contributed by atoms with Gasteiger partial charge in [-0.1, -0.05) is 17.7 Å². The van der Waals surface area contributed by atoms with Crippen LogP contribution < -0.4 is 10.6 Å². The molecular weight excluding hydrogens is 345 g/mol. The van der Waals surface area contributed by atoms with Crippen LogP contribution in [0.1, 0.15) is 25.3 Å². The van der Waals surface area contributed by atoms with Crippen LogP contribution in [-0.4, -0.2) is 45.5 Å².